The number of fused-ring (bicyclic) bond motifs is 1. The number of hydrogen-bond acceptors (Lipinski definition) is 2. The van der Waals surface area contributed by atoms with Gasteiger partial charge >= 0.3 is 0 Å². The van der Waals surface area contributed by atoms with Crippen LogP contribution in [0.3, 0.4) is 0 Å². The van der Waals surface area contributed by atoms with Gasteiger partial charge in [0.2, 0.25) is 0 Å². The largest absolute Gasteiger partial charge is 0.358 e. The molecule has 0 amide bonds. The summed E-state index contributed by atoms with van der Waals surface area (Å²) in [6, 6.07) is 12.4. The van der Waals surface area contributed by atoms with Gasteiger partial charge in [-0.2, -0.15) is 0 Å². The van der Waals surface area contributed by atoms with Crippen LogP contribution in [0.4, 0.5) is 0 Å². The van der Waals surface area contributed by atoms with Crippen LogP contribution in [0.1, 0.15) is 22.2 Å². The van der Waals surface area contributed by atoms with Gasteiger partial charge in [0.1, 0.15) is 0 Å². The molecule has 0 radical (unpaired) electrons. The lowest BCUT2D eigenvalue weighted by Crippen LogP contribution is -2.10. The predicted octanol–water partition coefficient (Wildman–Crippen LogP) is 3.59. The van der Waals surface area contributed by atoms with Crippen LogP contribution >= 0.6 is 11.3 Å². The lowest BCUT2D eigenvalue weighted by Gasteiger charge is -2.10. The van der Waals surface area contributed by atoms with Gasteiger partial charge in [0.15, 0.2) is 0 Å². The van der Waals surface area contributed by atoms with Gasteiger partial charge < -0.3 is 10.7 Å². The summed E-state index contributed by atoms with van der Waals surface area (Å²) in [5.41, 5.74) is 9.89. The quantitative estimate of drug-likeness (QED) is 0.708. The fraction of sp³-hybridized carbons (Fsp3) is 0.143. The molecule has 1 atom stereocenters. The molecule has 86 valence electrons. The Morgan fingerprint density at radius 2 is 2.00 bits per heavy atom. The molecule has 0 saturated carbocycles. The molecular weight excluding hydrogens is 228 g/mol. The zero-order valence-corrected chi connectivity index (χ0v) is 10.4. The van der Waals surface area contributed by atoms with Crippen molar-refractivity contribution in [2.45, 2.75) is 13.0 Å². The minimum atomic E-state index is -0.0360. The minimum absolute atomic E-state index is 0.0360. The van der Waals surface area contributed by atoms with E-state index >= 15 is 0 Å². The topological polar surface area (TPSA) is 41.8 Å². The van der Waals surface area contributed by atoms with Crippen molar-refractivity contribution in [2.24, 2.45) is 5.73 Å². The third-order valence-corrected chi connectivity index (χ3v) is 4.06. The van der Waals surface area contributed by atoms with Crippen molar-refractivity contribution < 1.29 is 0 Å². The average Bonchev–Trinajstić information content (AvgIpc) is 2.94. The summed E-state index contributed by atoms with van der Waals surface area (Å²) >= 11 is 1.71. The second-order valence-corrected chi connectivity index (χ2v) is 5.18. The van der Waals surface area contributed by atoms with Gasteiger partial charge in [0.25, 0.3) is 0 Å². The summed E-state index contributed by atoms with van der Waals surface area (Å²) in [7, 11) is 0. The van der Waals surface area contributed by atoms with Crippen LogP contribution in [-0.4, -0.2) is 4.98 Å². The van der Waals surface area contributed by atoms with E-state index < -0.39 is 0 Å². The summed E-state index contributed by atoms with van der Waals surface area (Å²) in [5, 5.41) is 3.30. The van der Waals surface area contributed by atoms with Crippen LogP contribution in [0.5, 0.6) is 0 Å². The van der Waals surface area contributed by atoms with Crippen molar-refractivity contribution in [3.8, 4) is 0 Å². The first-order valence-corrected chi connectivity index (χ1v) is 6.51. The van der Waals surface area contributed by atoms with Crippen molar-refractivity contribution in [3.63, 3.8) is 0 Å². The van der Waals surface area contributed by atoms with E-state index in [1.807, 2.05) is 12.1 Å². The Morgan fingerprint density at radius 3 is 2.76 bits per heavy atom. The van der Waals surface area contributed by atoms with Gasteiger partial charge in [-0.1, -0.05) is 24.3 Å². The van der Waals surface area contributed by atoms with E-state index in [9.17, 15) is 0 Å². The van der Waals surface area contributed by atoms with Crippen LogP contribution in [0, 0.1) is 6.92 Å². The van der Waals surface area contributed by atoms with Crippen molar-refractivity contribution in [1.82, 2.24) is 4.98 Å². The average molecular weight is 242 g/mol. The van der Waals surface area contributed by atoms with Gasteiger partial charge in [-0.15, -0.1) is 11.3 Å². The molecule has 0 aliphatic heterocycles. The standard InChI is InChI=1S/C14H14N2S/c1-9-13(14(15)12-7-4-8-17-12)10-5-2-3-6-11(10)16-9/h2-8,14,16H,15H2,1H3. The van der Waals surface area contributed by atoms with E-state index in [-0.39, 0.29) is 6.04 Å². The molecule has 3 heteroatoms. The molecule has 2 heterocycles. The number of aryl methyl sites for hydroxylation is 1. The smallest absolute Gasteiger partial charge is 0.0669 e. The number of rotatable bonds is 2. The normalized spacial score (nSPS) is 13.1. The number of hydrogen-bond donors (Lipinski definition) is 2. The monoisotopic (exact) mass is 242 g/mol. The molecular formula is C14H14N2S. The number of aromatic amines is 1. The van der Waals surface area contributed by atoms with Crippen LogP contribution in [0.2, 0.25) is 0 Å². The van der Waals surface area contributed by atoms with E-state index in [0.717, 1.165) is 11.2 Å². The van der Waals surface area contributed by atoms with Gasteiger partial charge in [0.05, 0.1) is 6.04 Å². The summed E-state index contributed by atoms with van der Waals surface area (Å²) < 4.78 is 0. The molecule has 0 spiro atoms. The fourth-order valence-corrected chi connectivity index (χ4v) is 3.05. The Morgan fingerprint density at radius 1 is 1.18 bits per heavy atom. The zero-order chi connectivity index (χ0) is 11.8. The molecule has 2 aromatic heterocycles. The number of aromatic nitrogens is 1. The molecule has 17 heavy (non-hydrogen) atoms. The van der Waals surface area contributed by atoms with Crippen molar-refractivity contribution >= 4 is 22.2 Å². The predicted molar refractivity (Wildman–Crippen MR) is 73.4 cm³/mol. The maximum absolute atomic E-state index is 6.36. The highest BCUT2D eigenvalue weighted by molar-refractivity contribution is 7.10. The van der Waals surface area contributed by atoms with Crippen LogP contribution < -0.4 is 5.73 Å². The SMILES string of the molecule is Cc1[nH]c2ccccc2c1C(N)c1cccs1. The Bertz CT molecular complexity index is 637. The van der Waals surface area contributed by atoms with E-state index in [2.05, 4.69) is 41.6 Å². The molecule has 3 rings (SSSR count). The number of H-pyrrole nitrogens is 1. The van der Waals surface area contributed by atoms with E-state index in [1.165, 1.54) is 15.8 Å². The van der Waals surface area contributed by atoms with Crippen LogP contribution in [0.25, 0.3) is 10.9 Å². The number of thiophene rings is 1. The molecule has 3 N–H and O–H groups in total. The Kier molecular flexibility index (Phi) is 2.50. The number of nitrogens with two attached hydrogens (primary N) is 1. The third kappa shape index (κ3) is 1.68. The Hall–Kier alpha value is -1.58. The molecule has 0 fully saturated rings. The van der Waals surface area contributed by atoms with Crippen molar-refractivity contribution in [2.75, 3.05) is 0 Å². The highest BCUT2D eigenvalue weighted by Crippen LogP contribution is 2.31. The molecule has 0 aliphatic carbocycles. The van der Waals surface area contributed by atoms with Crippen molar-refractivity contribution in [1.29, 1.82) is 0 Å². The van der Waals surface area contributed by atoms with E-state index in [0.29, 0.717) is 0 Å². The molecule has 1 unspecified atom stereocenters. The summed E-state index contributed by atoms with van der Waals surface area (Å²) in [5.74, 6) is 0. The maximum atomic E-state index is 6.36. The van der Waals surface area contributed by atoms with Crippen molar-refractivity contribution in [3.05, 3.63) is 57.9 Å². The lowest BCUT2D eigenvalue weighted by molar-refractivity contribution is 0.889. The maximum Gasteiger partial charge on any atom is 0.0669 e. The second-order valence-electron chi connectivity index (χ2n) is 4.20. The Balaban J connectivity index is 2.20. The third-order valence-electron chi connectivity index (χ3n) is 3.10. The highest BCUT2D eigenvalue weighted by Gasteiger charge is 2.17. The second kappa shape index (κ2) is 4.02. The molecule has 2 nitrogen and oxygen atoms in total. The first-order valence-electron chi connectivity index (χ1n) is 5.63. The van der Waals surface area contributed by atoms with Gasteiger partial charge in [0, 0.05) is 27.0 Å². The van der Waals surface area contributed by atoms with E-state index in [1.54, 1.807) is 11.3 Å². The molecule has 1 aromatic carbocycles. The zero-order valence-electron chi connectivity index (χ0n) is 9.60. The van der Waals surface area contributed by atoms with E-state index in [4.69, 9.17) is 5.73 Å². The van der Waals surface area contributed by atoms with Gasteiger partial charge in [-0.3, -0.25) is 0 Å². The molecule has 3 aromatic rings. The highest BCUT2D eigenvalue weighted by atomic mass is 32.1. The lowest BCUT2D eigenvalue weighted by atomic mass is 10.0. The summed E-state index contributed by atoms with van der Waals surface area (Å²) in [6.07, 6.45) is 0. The fourth-order valence-electron chi connectivity index (χ4n) is 2.31. The van der Waals surface area contributed by atoms with Crippen LogP contribution in [0.15, 0.2) is 41.8 Å². The number of para-hydroxylation sites is 1. The number of nitrogens with one attached hydrogen (secondary N) is 1. The first-order chi connectivity index (χ1) is 8.27. The molecule has 0 aliphatic rings. The van der Waals surface area contributed by atoms with Gasteiger partial charge in [-0.25, -0.2) is 0 Å². The van der Waals surface area contributed by atoms with Gasteiger partial charge in [-0.05, 0) is 24.4 Å². The Labute approximate surface area is 104 Å². The molecule has 0 bridgehead atoms. The van der Waals surface area contributed by atoms with Crippen LogP contribution in [-0.2, 0) is 0 Å². The summed E-state index contributed by atoms with van der Waals surface area (Å²) in [6.45, 7) is 2.09. The summed E-state index contributed by atoms with van der Waals surface area (Å²) in [4.78, 5) is 4.60. The number of benzene rings is 1. The molecule has 0 saturated heterocycles. The first kappa shape index (κ1) is 10.6. The minimum Gasteiger partial charge on any atom is -0.358 e.